The monoisotopic (exact) mass is 366 g/mol. The fourth-order valence-corrected chi connectivity index (χ4v) is 2.77. The number of phenolic OH excluding ortho intramolecular Hbond substituents is 1. The molecule has 1 amide bonds. The lowest BCUT2D eigenvalue weighted by molar-refractivity contribution is -0.181. The molecule has 0 spiro atoms. The number of aromatic nitrogens is 1. The number of H-pyrrole nitrogens is 1. The number of nitrogens with zero attached hydrogens (tertiary/aromatic N) is 1. The summed E-state index contributed by atoms with van der Waals surface area (Å²) in [6.45, 7) is 0. The third-order valence-electron chi connectivity index (χ3n) is 4.21. The molecule has 0 aliphatic heterocycles. The van der Waals surface area contributed by atoms with Gasteiger partial charge in [0.05, 0.1) is 0 Å². The van der Waals surface area contributed by atoms with Crippen LogP contribution in [0.2, 0.25) is 0 Å². The molecule has 7 heteroatoms. The van der Waals surface area contributed by atoms with Crippen LogP contribution in [0.4, 0.5) is 0 Å². The Morgan fingerprint density at radius 2 is 1.81 bits per heavy atom. The van der Waals surface area contributed by atoms with Gasteiger partial charge in [-0.2, -0.15) is 0 Å². The average molecular weight is 366 g/mol. The molecule has 0 bridgehead atoms. The van der Waals surface area contributed by atoms with E-state index in [1.165, 1.54) is 18.2 Å². The van der Waals surface area contributed by atoms with Crippen LogP contribution >= 0.6 is 0 Å². The van der Waals surface area contributed by atoms with Crippen LogP contribution in [0.3, 0.4) is 0 Å². The topological polar surface area (TPSA) is 114 Å². The molecule has 3 aromatic rings. The first-order valence-electron chi connectivity index (χ1n) is 8.22. The van der Waals surface area contributed by atoms with Crippen LogP contribution in [0, 0.1) is 0 Å². The Morgan fingerprint density at radius 3 is 2.52 bits per heavy atom. The molecule has 4 N–H and O–H groups in total. The van der Waals surface area contributed by atoms with Gasteiger partial charge in [0, 0.05) is 29.6 Å². The number of benzene rings is 2. The van der Waals surface area contributed by atoms with Crippen molar-refractivity contribution in [1.29, 1.82) is 0 Å². The van der Waals surface area contributed by atoms with E-state index in [9.17, 15) is 25.0 Å². The van der Waals surface area contributed by atoms with Gasteiger partial charge >= 0.3 is 5.97 Å². The molecule has 7 nitrogen and oxygen atoms in total. The number of aromatic hydroxyl groups is 1. The largest absolute Gasteiger partial charge is 0.508 e. The Morgan fingerprint density at radius 1 is 1.11 bits per heavy atom. The second-order valence-electron chi connectivity index (χ2n) is 6.03. The first-order valence-corrected chi connectivity index (χ1v) is 8.22. The van der Waals surface area contributed by atoms with Crippen molar-refractivity contribution in [2.75, 3.05) is 0 Å². The standard InChI is InChI=1S/C20H18N2O5/c23-15-8-5-13(6-9-15)7-10-19(24)22(27)18(20(25)26)11-14-12-21-17-4-2-1-3-16(14)17/h1-10,12,18,21,23,27H,11H2,(H,25,26)/b10-7+/t18-/m0/s1. The summed E-state index contributed by atoms with van der Waals surface area (Å²) in [5, 5.41) is 29.9. The highest BCUT2D eigenvalue weighted by Gasteiger charge is 2.28. The SMILES string of the molecule is O=C(O)[C@H](Cc1c[nH]c2ccccc12)N(O)C(=O)/C=C/c1ccc(O)cc1. The Bertz CT molecular complexity index is 991. The van der Waals surface area contributed by atoms with Crippen molar-refractivity contribution in [3.63, 3.8) is 0 Å². The lowest BCUT2D eigenvalue weighted by atomic mass is 10.0. The van der Waals surface area contributed by atoms with Gasteiger partial charge < -0.3 is 15.2 Å². The number of carboxylic acids is 1. The number of hydrogen-bond donors (Lipinski definition) is 4. The molecule has 0 unspecified atom stereocenters. The normalized spacial score (nSPS) is 12.3. The summed E-state index contributed by atoms with van der Waals surface area (Å²) < 4.78 is 0. The molecule has 0 saturated carbocycles. The summed E-state index contributed by atoms with van der Waals surface area (Å²) in [6, 6.07) is 12.0. The number of hydroxylamine groups is 2. The molecular weight excluding hydrogens is 348 g/mol. The molecule has 0 saturated heterocycles. The minimum Gasteiger partial charge on any atom is -0.508 e. The number of amides is 1. The minimum atomic E-state index is -1.43. The van der Waals surface area contributed by atoms with Crippen LogP contribution < -0.4 is 0 Å². The highest BCUT2D eigenvalue weighted by Crippen LogP contribution is 2.20. The van der Waals surface area contributed by atoms with Gasteiger partial charge in [-0.25, -0.2) is 9.86 Å². The van der Waals surface area contributed by atoms with E-state index in [0.717, 1.165) is 17.0 Å². The number of nitrogens with one attached hydrogen (secondary N) is 1. The number of carboxylic acid groups (broad SMARTS) is 1. The minimum absolute atomic E-state index is 0.0470. The highest BCUT2D eigenvalue weighted by molar-refractivity contribution is 5.94. The smallest absolute Gasteiger partial charge is 0.329 e. The van der Waals surface area contributed by atoms with Crippen LogP contribution in [0.15, 0.2) is 60.8 Å². The van der Waals surface area contributed by atoms with E-state index < -0.39 is 17.9 Å². The van der Waals surface area contributed by atoms with Gasteiger partial charge in [-0.3, -0.25) is 10.0 Å². The molecule has 0 fully saturated rings. The molecule has 2 aromatic carbocycles. The molecule has 138 valence electrons. The van der Waals surface area contributed by atoms with E-state index in [-0.39, 0.29) is 17.2 Å². The second kappa shape index (κ2) is 7.76. The Balaban J connectivity index is 1.76. The Labute approximate surface area is 154 Å². The molecule has 0 aliphatic carbocycles. The summed E-state index contributed by atoms with van der Waals surface area (Å²) in [5.41, 5.74) is 2.16. The average Bonchev–Trinajstić information content (AvgIpc) is 3.07. The zero-order chi connectivity index (χ0) is 19.4. The summed E-state index contributed by atoms with van der Waals surface area (Å²) >= 11 is 0. The molecule has 0 radical (unpaired) electrons. The first kappa shape index (κ1) is 18.2. The predicted octanol–water partition coefficient (Wildman–Crippen LogP) is 2.80. The quantitative estimate of drug-likeness (QED) is 0.304. The Kier molecular flexibility index (Phi) is 5.23. The number of fused-ring (bicyclic) bond motifs is 1. The van der Waals surface area contributed by atoms with Gasteiger partial charge in [-0.15, -0.1) is 0 Å². The molecule has 1 heterocycles. The van der Waals surface area contributed by atoms with Crippen molar-refractivity contribution in [3.05, 3.63) is 71.9 Å². The maximum atomic E-state index is 12.2. The summed E-state index contributed by atoms with van der Waals surface area (Å²) in [4.78, 5) is 26.8. The van der Waals surface area contributed by atoms with Gasteiger partial charge in [0.1, 0.15) is 5.75 Å². The van der Waals surface area contributed by atoms with E-state index in [4.69, 9.17) is 0 Å². The number of aromatic amines is 1. The zero-order valence-electron chi connectivity index (χ0n) is 14.2. The van der Waals surface area contributed by atoms with Crippen LogP contribution in [0.25, 0.3) is 17.0 Å². The lowest BCUT2D eigenvalue weighted by Crippen LogP contribution is -2.43. The van der Waals surface area contributed by atoms with Crippen LogP contribution in [-0.4, -0.2) is 43.4 Å². The molecule has 1 atom stereocenters. The van der Waals surface area contributed by atoms with E-state index >= 15 is 0 Å². The third-order valence-corrected chi connectivity index (χ3v) is 4.21. The van der Waals surface area contributed by atoms with E-state index in [1.807, 2.05) is 24.3 Å². The van der Waals surface area contributed by atoms with E-state index in [0.29, 0.717) is 11.1 Å². The van der Waals surface area contributed by atoms with Crippen molar-refractivity contribution in [3.8, 4) is 5.75 Å². The molecule has 1 aromatic heterocycles. The number of para-hydroxylation sites is 1. The van der Waals surface area contributed by atoms with Gasteiger partial charge in [0.15, 0.2) is 6.04 Å². The lowest BCUT2D eigenvalue weighted by Gasteiger charge is -2.21. The van der Waals surface area contributed by atoms with Crippen LogP contribution in [0.1, 0.15) is 11.1 Å². The molecule has 27 heavy (non-hydrogen) atoms. The number of rotatable bonds is 6. The van der Waals surface area contributed by atoms with Crippen molar-refractivity contribution >= 4 is 28.9 Å². The fourth-order valence-electron chi connectivity index (χ4n) is 2.77. The number of carbonyl (C=O) groups excluding carboxylic acids is 1. The van der Waals surface area contributed by atoms with Crippen LogP contribution in [-0.2, 0) is 16.0 Å². The summed E-state index contributed by atoms with van der Waals surface area (Å²) in [5.74, 6) is -2.07. The number of phenols is 1. The molecule has 3 rings (SSSR count). The second-order valence-corrected chi connectivity index (χ2v) is 6.03. The molecular formula is C20H18N2O5. The van der Waals surface area contributed by atoms with Crippen molar-refractivity contribution in [2.24, 2.45) is 0 Å². The first-order chi connectivity index (χ1) is 13.0. The van der Waals surface area contributed by atoms with Gasteiger partial charge in [0.25, 0.3) is 5.91 Å². The zero-order valence-corrected chi connectivity index (χ0v) is 14.2. The third kappa shape index (κ3) is 4.16. The maximum absolute atomic E-state index is 12.2. The van der Waals surface area contributed by atoms with Crippen molar-refractivity contribution < 1.29 is 25.0 Å². The number of hydrogen-bond acceptors (Lipinski definition) is 4. The molecule has 0 aliphatic rings. The summed E-state index contributed by atoms with van der Waals surface area (Å²) in [7, 11) is 0. The summed E-state index contributed by atoms with van der Waals surface area (Å²) in [6.07, 6.45) is 4.13. The fraction of sp³-hybridized carbons (Fsp3) is 0.100. The van der Waals surface area contributed by atoms with Gasteiger partial charge in [0.2, 0.25) is 0 Å². The predicted molar refractivity (Wildman–Crippen MR) is 99.2 cm³/mol. The highest BCUT2D eigenvalue weighted by atomic mass is 16.5. The van der Waals surface area contributed by atoms with E-state index in [1.54, 1.807) is 18.3 Å². The number of aliphatic carboxylic acids is 1. The Hall–Kier alpha value is -3.58. The van der Waals surface area contributed by atoms with Gasteiger partial charge in [-0.05, 0) is 35.4 Å². The van der Waals surface area contributed by atoms with Gasteiger partial charge in [-0.1, -0.05) is 30.3 Å². The van der Waals surface area contributed by atoms with E-state index in [2.05, 4.69) is 4.98 Å². The van der Waals surface area contributed by atoms with Crippen molar-refractivity contribution in [1.82, 2.24) is 10.0 Å². The van der Waals surface area contributed by atoms with Crippen LogP contribution in [0.5, 0.6) is 5.75 Å². The number of carbonyl (C=O) groups is 2. The maximum Gasteiger partial charge on any atom is 0.329 e. The van der Waals surface area contributed by atoms with Crippen molar-refractivity contribution in [2.45, 2.75) is 12.5 Å².